The van der Waals surface area contributed by atoms with Crippen molar-refractivity contribution in [1.29, 1.82) is 0 Å². The molecule has 1 aliphatic rings. The third-order valence-electron chi connectivity index (χ3n) is 5.17. The first-order valence-electron chi connectivity index (χ1n) is 10.4. The fourth-order valence-electron chi connectivity index (χ4n) is 3.48. The summed E-state index contributed by atoms with van der Waals surface area (Å²) in [5.74, 6) is 0.798. The summed E-state index contributed by atoms with van der Waals surface area (Å²) in [4.78, 5) is 25.0. The number of hydrogen-bond acceptors (Lipinski definition) is 5. The van der Waals surface area contributed by atoms with Crippen LogP contribution in [0, 0.1) is 0 Å². The van der Waals surface area contributed by atoms with E-state index in [1.54, 1.807) is 54.8 Å². The smallest absolute Gasteiger partial charge is 0.258 e. The number of amides is 2. The molecule has 1 fully saturated rings. The molecule has 32 heavy (non-hydrogen) atoms. The van der Waals surface area contributed by atoms with Crippen LogP contribution in [-0.2, 0) is 20.8 Å². The van der Waals surface area contributed by atoms with Crippen LogP contribution in [0.5, 0.6) is 11.5 Å². The SMILES string of the molecule is C[S+]([O-])c1ccc(OCC(=O)N[C@H]2CC[C@H](NC(=O)COc3ccc(Cl)cc3)CC2)cc1. The maximum atomic E-state index is 12.2. The molecule has 2 aromatic carbocycles. The molecule has 2 N–H and O–H groups in total. The van der Waals surface area contributed by atoms with Crippen molar-refractivity contribution in [3.05, 3.63) is 53.6 Å². The first kappa shape index (κ1) is 24.2. The van der Waals surface area contributed by atoms with Crippen LogP contribution in [0.25, 0.3) is 0 Å². The van der Waals surface area contributed by atoms with Gasteiger partial charge in [0.1, 0.15) is 17.8 Å². The Balaban J connectivity index is 1.31. The van der Waals surface area contributed by atoms with Crippen LogP contribution in [0.4, 0.5) is 0 Å². The van der Waals surface area contributed by atoms with E-state index in [9.17, 15) is 14.1 Å². The second-order valence-corrected chi connectivity index (χ2v) is 9.46. The Kier molecular flexibility index (Phi) is 9.08. The molecule has 9 heteroatoms. The summed E-state index contributed by atoms with van der Waals surface area (Å²) in [5.41, 5.74) is 0. The van der Waals surface area contributed by atoms with Gasteiger partial charge in [-0.3, -0.25) is 9.59 Å². The summed E-state index contributed by atoms with van der Waals surface area (Å²) >= 11 is 4.78. The van der Waals surface area contributed by atoms with Crippen LogP contribution in [0.2, 0.25) is 5.02 Å². The van der Waals surface area contributed by atoms with Gasteiger partial charge in [-0.25, -0.2) is 0 Å². The zero-order chi connectivity index (χ0) is 22.9. The van der Waals surface area contributed by atoms with Crippen molar-refractivity contribution in [1.82, 2.24) is 10.6 Å². The lowest BCUT2D eigenvalue weighted by Crippen LogP contribution is -2.45. The summed E-state index contributed by atoms with van der Waals surface area (Å²) in [5, 5.41) is 6.58. The highest BCUT2D eigenvalue weighted by Gasteiger charge is 2.23. The van der Waals surface area contributed by atoms with E-state index >= 15 is 0 Å². The van der Waals surface area contributed by atoms with Crippen molar-refractivity contribution in [2.75, 3.05) is 19.5 Å². The summed E-state index contributed by atoms with van der Waals surface area (Å²) in [6.45, 7) is -0.127. The number of benzene rings is 2. The molecule has 172 valence electrons. The van der Waals surface area contributed by atoms with Gasteiger partial charge < -0.3 is 24.7 Å². The minimum atomic E-state index is -1.05. The van der Waals surface area contributed by atoms with E-state index in [0.29, 0.717) is 21.4 Å². The topological polar surface area (TPSA) is 99.7 Å². The van der Waals surface area contributed by atoms with E-state index in [-0.39, 0.29) is 37.1 Å². The number of hydrogen-bond donors (Lipinski definition) is 2. The highest BCUT2D eigenvalue weighted by atomic mass is 35.5. The van der Waals surface area contributed by atoms with Crippen molar-refractivity contribution in [3.63, 3.8) is 0 Å². The summed E-state index contributed by atoms with van der Waals surface area (Å²) in [6, 6.07) is 13.8. The quantitative estimate of drug-likeness (QED) is 0.539. The lowest BCUT2D eigenvalue weighted by Gasteiger charge is -2.29. The summed E-state index contributed by atoms with van der Waals surface area (Å²) < 4.78 is 22.4. The number of carbonyl (C=O) groups is 2. The molecule has 2 aromatic rings. The van der Waals surface area contributed by atoms with Gasteiger partial charge in [-0.05, 0) is 85.4 Å². The average molecular weight is 479 g/mol. The highest BCUT2D eigenvalue weighted by Crippen LogP contribution is 2.20. The predicted octanol–water partition coefficient (Wildman–Crippen LogP) is 3.08. The molecule has 0 heterocycles. The number of rotatable bonds is 9. The molecule has 3 rings (SSSR count). The van der Waals surface area contributed by atoms with Gasteiger partial charge in [0, 0.05) is 17.1 Å². The fraction of sp³-hybridized carbons (Fsp3) is 0.391. The Morgan fingerprint density at radius 2 is 1.28 bits per heavy atom. The van der Waals surface area contributed by atoms with E-state index < -0.39 is 11.2 Å². The van der Waals surface area contributed by atoms with E-state index in [1.807, 2.05) is 0 Å². The molecule has 7 nitrogen and oxygen atoms in total. The molecular weight excluding hydrogens is 452 g/mol. The van der Waals surface area contributed by atoms with E-state index in [2.05, 4.69) is 10.6 Å². The molecule has 0 radical (unpaired) electrons. The number of halogens is 1. The molecule has 1 unspecified atom stereocenters. The van der Waals surface area contributed by atoms with Crippen molar-refractivity contribution in [3.8, 4) is 11.5 Å². The zero-order valence-electron chi connectivity index (χ0n) is 17.8. The van der Waals surface area contributed by atoms with E-state index in [0.717, 1.165) is 25.7 Å². The van der Waals surface area contributed by atoms with E-state index in [4.69, 9.17) is 21.1 Å². The summed E-state index contributed by atoms with van der Waals surface area (Å²) in [6.07, 6.45) is 4.75. The van der Waals surface area contributed by atoms with Gasteiger partial charge in [0.25, 0.3) is 11.8 Å². The molecule has 1 aliphatic carbocycles. The first-order valence-corrected chi connectivity index (χ1v) is 12.4. The van der Waals surface area contributed by atoms with Crippen molar-refractivity contribution < 1.29 is 23.6 Å². The molecule has 0 aliphatic heterocycles. The third kappa shape index (κ3) is 7.93. The molecule has 0 saturated heterocycles. The highest BCUT2D eigenvalue weighted by molar-refractivity contribution is 7.90. The normalized spacial score (nSPS) is 19.0. The molecule has 2 amide bonds. The number of ether oxygens (including phenoxy) is 2. The lowest BCUT2D eigenvalue weighted by atomic mass is 9.91. The molecule has 0 spiro atoms. The molecule has 1 saturated carbocycles. The second kappa shape index (κ2) is 12.0. The van der Waals surface area contributed by atoms with Crippen molar-refractivity contribution >= 4 is 34.6 Å². The van der Waals surface area contributed by atoms with E-state index in [1.165, 1.54) is 0 Å². The number of nitrogens with one attached hydrogen (secondary N) is 2. The molecule has 0 aromatic heterocycles. The van der Waals surface area contributed by atoms with Crippen LogP contribution < -0.4 is 20.1 Å². The maximum Gasteiger partial charge on any atom is 0.258 e. The number of carbonyl (C=O) groups excluding carboxylic acids is 2. The van der Waals surface area contributed by atoms with Crippen molar-refractivity contribution in [2.24, 2.45) is 0 Å². The largest absolute Gasteiger partial charge is 0.612 e. The monoisotopic (exact) mass is 478 g/mol. The fourth-order valence-corrected chi connectivity index (χ4v) is 4.12. The second-order valence-electron chi connectivity index (χ2n) is 7.64. The summed E-state index contributed by atoms with van der Waals surface area (Å²) in [7, 11) is 0. The van der Waals surface area contributed by atoms with Crippen LogP contribution in [-0.4, -0.2) is 47.9 Å². The Morgan fingerprint density at radius 3 is 1.69 bits per heavy atom. The van der Waals surface area contributed by atoms with Crippen molar-refractivity contribution in [2.45, 2.75) is 42.7 Å². The first-order chi connectivity index (χ1) is 15.4. The molecular formula is C23H27ClN2O5S. The van der Waals surface area contributed by atoms with Gasteiger partial charge in [-0.15, -0.1) is 0 Å². The lowest BCUT2D eigenvalue weighted by molar-refractivity contribution is -0.125. The van der Waals surface area contributed by atoms with Crippen LogP contribution in [0.15, 0.2) is 53.4 Å². The van der Waals surface area contributed by atoms with Crippen LogP contribution in [0.3, 0.4) is 0 Å². The Bertz CT molecular complexity index is 884. The molecule has 0 bridgehead atoms. The van der Waals surface area contributed by atoms with Crippen LogP contribution in [0.1, 0.15) is 25.7 Å². The standard InChI is InChI=1S/C23H27ClN2O5S/c1-32(29)21-12-10-20(11-13-21)31-15-23(28)26-18-6-4-17(5-7-18)25-22(27)14-30-19-8-2-16(24)3-9-19/h2-3,8-13,17-18H,4-7,14-15H2,1H3,(H,25,27)(H,26,28)/t17-,18-,32?. The minimum absolute atomic E-state index is 0.0508. The van der Waals surface area contributed by atoms with Gasteiger partial charge >= 0.3 is 0 Å². The Morgan fingerprint density at radius 1 is 0.875 bits per heavy atom. The average Bonchev–Trinajstić information content (AvgIpc) is 2.79. The van der Waals surface area contributed by atoms with Gasteiger partial charge in [0.05, 0.1) is 0 Å². The zero-order valence-corrected chi connectivity index (χ0v) is 19.4. The Hall–Kier alpha value is -2.42. The Labute approximate surface area is 196 Å². The predicted molar refractivity (Wildman–Crippen MR) is 124 cm³/mol. The third-order valence-corrected chi connectivity index (χ3v) is 6.35. The maximum absolute atomic E-state index is 12.2. The molecule has 1 atom stereocenters. The van der Waals surface area contributed by atoms with Gasteiger partial charge in [-0.1, -0.05) is 11.6 Å². The van der Waals surface area contributed by atoms with Gasteiger partial charge in [0.15, 0.2) is 18.1 Å². The minimum Gasteiger partial charge on any atom is -0.612 e. The van der Waals surface area contributed by atoms with Crippen LogP contribution >= 0.6 is 11.6 Å². The van der Waals surface area contributed by atoms with Gasteiger partial charge in [-0.2, -0.15) is 0 Å². The van der Waals surface area contributed by atoms with Gasteiger partial charge in [0.2, 0.25) is 0 Å².